The van der Waals surface area contributed by atoms with E-state index in [0.717, 1.165) is 0 Å². The third-order valence-corrected chi connectivity index (χ3v) is 3.92. The molecule has 1 aromatic heterocycles. The third kappa shape index (κ3) is 2.75. The van der Waals surface area contributed by atoms with Gasteiger partial charge in [0.15, 0.2) is 0 Å². The summed E-state index contributed by atoms with van der Waals surface area (Å²) in [5.41, 5.74) is -0.998. The lowest BCUT2D eigenvalue weighted by atomic mass is 9.95. The highest BCUT2D eigenvalue weighted by Crippen LogP contribution is 2.30. The van der Waals surface area contributed by atoms with Crippen molar-refractivity contribution in [3.63, 3.8) is 0 Å². The molecule has 21 heavy (non-hydrogen) atoms. The van der Waals surface area contributed by atoms with E-state index in [-0.39, 0.29) is 11.3 Å². The highest BCUT2D eigenvalue weighted by Gasteiger charge is 2.46. The Morgan fingerprint density at radius 3 is 2.33 bits per heavy atom. The average Bonchev–Trinajstić information content (AvgIpc) is 2.80. The van der Waals surface area contributed by atoms with Gasteiger partial charge >= 0.3 is 5.97 Å². The molecule has 6 nitrogen and oxygen atoms in total. The van der Waals surface area contributed by atoms with Crippen molar-refractivity contribution in [1.82, 2.24) is 14.9 Å². The molecule has 0 saturated carbocycles. The van der Waals surface area contributed by atoms with E-state index in [1.807, 2.05) is 20.8 Å². The van der Waals surface area contributed by atoms with Gasteiger partial charge in [-0.1, -0.05) is 20.8 Å². The zero-order valence-electron chi connectivity index (χ0n) is 12.9. The molecule has 6 heteroatoms. The predicted molar refractivity (Wildman–Crippen MR) is 77.0 cm³/mol. The summed E-state index contributed by atoms with van der Waals surface area (Å²) in [6.07, 6.45) is 4.12. The number of amides is 1. The van der Waals surface area contributed by atoms with E-state index in [2.05, 4.69) is 9.97 Å². The van der Waals surface area contributed by atoms with E-state index in [1.165, 1.54) is 17.3 Å². The molecule has 0 aromatic carbocycles. The topological polar surface area (TPSA) is 83.4 Å². The molecule has 1 aromatic rings. The summed E-state index contributed by atoms with van der Waals surface area (Å²) < 4.78 is 0. The minimum Gasteiger partial charge on any atom is -0.480 e. The third-order valence-electron chi connectivity index (χ3n) is 3.92. The molecule has 1 aliphatic rings. The summed E-state index contributed by atoms with van der Waals surface area (Å²) in [5, 5.41) is 9.36. The molecule has 1 N–H and O–H groups in total. The highest BCUT2D eigenvalue weighted by molar-refractivity contribution is 5.97. The second kappa shape index (κ2) is 5.09. The molecule has 1 amide bonds. The molecule has 0 radical (unpaired) electrons. The van der Waals surface area contributed by atoms with Gasteiger partial charge in [-0.2, -0.15) is 0 Å². The van der Waals surface area contributed by atoms with Crippen LogP contribution in [0.15, 0.2) is 12.4 Å². The molecule has 1 saturated heterocycles. The van der Waals surface area contributed by atoms with Crippen LogP contribution in [0.3, 0.4) is 0 Å². The maximum absolute atomic E-state index is 12.5. The van der Waals surface area contributed by atoms with E-state index in [0.29, 0.717) is 30.8 Å². The van der Waals surface area contributed by atoms with Gasteiger partial charge in [-0.3, -0.25) is 4.79 Å². The molecule has 2 rings (SSSR count). The molecule has 114 valence electrons. The van der Waals surface area contributed by atoms with Crippen molar-refractivity contribution in [2.24, 2.45) is 0 Å². The number of rotatable bonds is 2. The summed E-state index contributed by atoms with van der Waals surface area (Å²) in [5.74, 6) is -0.639. The van der Waals surface area contributed by atoms with E-state index < -0.39 is 11.5 Å². The lowest BCUT2D eigenvalue weighted by Gasteiger charge is -2.31. The average molecular weight is 291 g/mol. The number of carboxylic acid groups (broad SMARTS) is 1. The summed E-state index contributed by atoms with van der Waals surface area (Å²) >= 11 is 0. The van der Waals surface area contributed by atoms with E-state index in [1.54, 1.807) is 6.92 Å². The Morgan fingerprint density at radius 2 is 1.86 bits per heavy atom. The highest BCUT2D eigenvalue weighted by atomic mass is 16.4. The Bertz CT molecular complexity index is 563. The summed E-state index contributed by atoms with van der Waals surface area (Å²) in [7, 11) is 0. The second-order valence-electron chi connectivity index (χ2n) is 6.68. The van der Waals surface area contributed by atoms with E-state index >= 15 is 0 Å². The van der Waals surface area contributed by atoms with Gasteiger partial charge in [0.25, 0.3) is 5.91 Å². The molecule has 0 aliphatic carbocycles. The molecule has 2 heterocycles. The maximum atomic E-state index is 12.5. The van der Waals surface area contributed by atoms with Crippen LogP contribution in [0.25, 0.3) is 0 Å². The van der Waals surface area contributed by atoms with Crippen LogP contribution in [0.1, 0.15) is 56.7 Å². The lowest BCUT2D eigenvalue weighted by molar-refractivity contribution is -0.147. The van der Waals surface area contributed by atoms with Crippen LogP contribution in [-0.2, 0) is 10.2 Å². The van der Waals surface area contributed by atoms with Gasteiger partial charge in [-0.05, 0) is 19.8 Å². The van der Waals surface area contributed by atoms with Crippen LogP contribution in [-0.4, -0.2) is 43.9 Å². The Morgan fingerprint density at radius 1 is 1.29 bits per heavy atom. The Balaban J connectivity index is 2.26. The van der Waals surface area contributed by atoms with Gasteiger partial charge in [0, 0.05) is 24.4 Å². The quantitative estimate of drug-likeness (QED) is 0.899. The van der Waals surface area contributed by atoms with Crippen molar-refractivity contribution in [3.05, 3.63) is 23.8 Å². The van der Waals surface area contributed by atoms with Crippen molar-refractivity contribution in [1.29, 1.82) is 0 Å². The van der Waals surface area contributed by atoms with E-state index in [4.69, 9.17) is 0 Å². The number of likely N-dealkylation sites (tertiary alicyclic amines) is 1. The molecule has 1 atom stereocenters. The van der Waals surface area contributed by atoms with Crippen LogP contribution in [0.2, 0.25) is 0 Å². The smallest absolute Gasteiger partial charge is 0.329 e. The van der Waals surface area contributed by atoms with Gasteiger partial charge in [-0.15, -0.1) is 0 Å². The monoisotopic (exact) mass is 291 g/mol. The van der Waals surface area contributed by atoms with Gasteiger partial charge in [0.05, 0.1) is 5.56 Å². The minimum absolute atomic E-state index is 0.190. The molecular formula is C15H21N3O3. The number of hydrogen-bond acceptors (Lipinski definition) is 4. The first-order chi connectivity index (χ1) is 9.66. The number of aromatic nitrogens is 2. The standard InChI is InChI=1S/C15H21N3O3/c1-14(2,3)12-16-8-10(9-17-12)11(19)18-7-5-6-15(18,4)13(20)21/h8-9H,5-7H2,1-4H3,(H,20,21)/t15-/m0/s1. The van der Waals surface area contributed by atoms with Crippen molar-refractivity contribution < 1.29 is 14.7 Å². The zero-order chi connectivity index (χ0) is 15.8. The number of hydrogen-bond donors (Lipinski definition) is 1. The zero-order valence-corrected chi connectivity index (χ0v) is 12.9. The van der Waals surface area contributed by atoms with Gasteiger partial charge in [-0.25, -0.2) is 14.8 Å². The van der Waals surface area contributed by atoms with Crippen LogP contribution >= 0.6 is 0 Å². The summed E-state index contributed by atoms with van der Waals surface area (Å²) in [4.78, 5) is 33.8. The fourth-order valence-corrected chi connectivity index (χ4v) is 2.49. The van der Waals surface area contributed by atoms with Crippen LogP contribution in [0.4, 0.5) is 0 Å². The Kier molecular flexibility index (Phi) is 3.74. The molecule has 0 unspecified atom stereocenters. The SMILES string of the molecule is CC(C)(C)c1ncc(C(=O)N2CCC[C@@]2(C)C(=O)O)cn1. The summed E-state index contributed by atoms with van der Waals surface area (Å²) in [6.45, 7) is 8.01. The Hall–Kier alpha value is -1.98. The first kappa shape index (κ1) is 15.4. The number of carbonyl (C=O) groups excluding carboxylic acids is 1. The summed E-state index contributed by atoms with van der Waals surface area (Å²) in [6, 6.07) is 0. The van der Waals surface area contributed by atoms with E-state index in [9.17, 15) is 14.7 Å². The van der Waals surface area contributed by atoms with Gasteiger partial charge < -0.3 is 10.0 Å². The van der Waals surface area contributed by atoms with Crippen molar-refractivity contribution >= 4 is 11.9 Å². The van der Waals surface area contributed by atoms with Crippen molar-refractivity contribution in [2.75, 3.05) is 6.54 Å². The number of carbonyl (C=O) groups is 2. The van der Waals surface area contributed by atoms with Crippen LogP contribution in [0, 0.1) is 0 Å². The molecule has 0 bridgehead atoms. The fourth-order valence-electron chi connectivity index (χ4n) is 2.49. The first-order valence-electron chi connectivity index (χ1n) is 7.04. The van der Waals surface area contributed by atoms with Gasteiger partial charge in [0.1, 0.15) is 11.4 Å². The van der Waals surface area contributed by atoms with Crippen LogP contribution in [0.5, 0.6) is 0 Å². The maximum Gasteiger partial charge on any atom is 0.329 e. The fraction of sp³-hybridized carbons (Fsp3) is 0.600. The second-order valence-corrected chi connectivity index (χ2v) is 6.68. The Labute approximate surface area is 124 Å². The number of nitrogens with zero attached hydrogens (tertiary/aromatic N) is 3. The molecule has 0 spiro atoms. The molecular weight excluding hydrogens is 270 g/mol. The normalized spacial score (nSPS) is 22.4. The largest absolute Gasteiger partial charge is 0.480 e. The first-order valence-corrected chi connectivity index (χ1v) is 7.04. The number of aliphatic carboxylic acids is 1. The van der Waals surface area contributed by atoms with Gasteiger partial charge in [0.2, 0.25) is 0 Å². The minimum atomic E-state index is -1.14. The number of carboxylic acids is 1. The molecule has 1 aliphatic heterocycles. The van der Waals surface area contributed by atoms with Crippen molar-refractivity contribution in [3.8, 4) is 0 Å². The predicted octanol–water partition coefficient (Wildman–Crippen LogP) is 1.85. The van der Waals surface area contributed by atoms with Crippen molar-refractivity contribution in [2.45, 2.75) is 51.5 Å². The lowest BCUT2D eigenvalue weighted by Crippen LogP contribution is -2.50. The van der Waals surface area contributed by atoms with Crippen LogP contribution < -0.4 is 0 Å². The molecule has 1 fully saturated rings.